The Labute approximate surface area is 196 Å². The molecule has 0 aliphatic rings. The van der Waals surface area contributed by atoms with E-state index in [9.17, 15) is 5.11 Å². The Morgan fingerprint density at radius 2 is 1.21 bits per heavy atom. The lowest BCUT2D eigenvalue weighted by molar-refractivity contribution is 0.305. The van der Waals surface area contributed by atoms with Gasteiger partial charge in [-0.15, -0.1) is 0 Å². The number of aryl methyl sites for hydroxylation is 2. The lowest BCUT2D eigenvalue weighted by Gasteiger charge is -2.10. The van der Waals surface area contributed by atoms with Crippen molar-refractivity contribution in [3.63, 3.8) is 0 Å². The molecule has 1 N–H and O–H groups in total. The topological polar surface area (TPSA) is 29.5 Å². The van der Waals surface area contributed by atoms with Crippen molar-refractivity contribution in [2.75, 3.05) is 0 Å². The van der Waals surface area contributed by atoms with Crippen LogP contribution in [0.4, 0.5) is 0 Å². The largest absolute Gasteiger partial charge is 0.507 e. The predicted molar refractivity (Wildman–Crippen MR) is 139 cm³/mol. The smallest absolute Gasteiger partial charge is 0.127 e. The van der Waals surface area contributed by atoms with E-state index in [0.717, 1.165) is 39.1 Å². The highest BCUT2D eigenvalue weighted by atomic mass is 16.5. The van der Waals surface area contributed by atoms with Crippen LogP contribution in [-0.4, -0.2) is 5.11 Å². The van der Waals surface area contributed by atoms with Gasteiger partial charge in [0, 0.05) is 11.1 Å². The van der Waals surface area contributed by atoms with Crippen LogP contribution < -0.4 is 4.74 Å². The van der Waals surface area contributed by atoms with E-state index < -0.39 is 0 Å². The van der Waals surface area contributed by atoms with E-state index in [1.54, 1.807) is 6.07 Å². The van der Waals surface area contributed by atoms with Crippen LogP contribution in [-0.2, 0) is 6.61 Å². The molecule has 164 valence electrons. The molecule has 4 rings (SSSR count). The van der Waals surface area contributed by atoms with Crippen LogP contribution in [0.5, 0.6) is 11.5 Å². The Hall–Kier alpha value is -4.04. The molecule has 0 atom stereocenters. The molecule has 2 heteroatoms. The fourth-order valence-electron chi connectivity index (χ4n) is 3.52. The second kappa shape index (κ2) is 10.5. The van der Waals surface area contributed by atoms with Crippen LogP contribution in [0.15, 0.2) is 91.0 Å². The summed E-state index contributed by atoms with van der Waals surface area (Å²) in [7, 11) is 0. The van der Waals surface area contributed by atoms with Gasteiger partial charge in [-0.05, 0) is 53.8 Å². The number of phenolic OH excluding ortho intramolecular Hbond substituents is 1. The van der Waals surface area contributed by atoms with Gasteiger partial charge in [-0.25, -0.2) is 0 Å². The quantitative estimate of drug-likeness (QED) is 0.300. The number of hydrogen-bond donors (Lipinski definition) is 1. The van der Waals surface area contributed by atoms with Gasteiger partial charge in [0.25, 0.3) is 0 Å². The second-order valence-electron chi connectivity index (χ2n) is 8.21. The summed E-state index contributed by atoms with van der Waals surface area (Å²) in [6.07, 6.45) is 8.13. The van der Waals surface area contributed by atoms with E-state index >= 15 is 0 Å². The lowest BCUT2D eigenvalue weighted by Crippen LogP contribution is -1.97. The molecule has 0 aromatic heterocycles. The number of benzene rings is 4. The van der Waals surface area contributed by atoms with Crippen LogP contribution in [0.25, 0.3) is 24.3 Å². The molecule has 4 aromatic carbocycles. The van der Waals surface area contributed by atoms with Crippen LogP contribution in [0.2, 0.25) is 0 Å². The Balaban J connectivity index is 1.45. The van der Waals surface area contributed by atoms with E-state index in [2.05, 4.69) is 73.7 Å². The predicted octanol–water partition coefficient (Wildman–Crippen LogP) is 7.93. The summed E-state index contributed by atoms with van der Waals surface area (Å²) < 4.78 is 6.12. The van der Waals surface area contributed by atoms with Crippen LogP contribution in [0.3, 0.4) is 0 Å². The SMILES string of the molecule is Cc1ccc(/C=C/c2ccc(/C=C/c3ccc(C)cc3OCc3ccccc3)cc2)c(O)c1. The minimum atomic E-state index is 0.300. The third kappa shape index (κ3) is 6.24. The van der Waals surface area contributed by atoms with Crippen LogP contribution >= 0.6 is 0 Å². The molecule has 0 radical (unpaired) electrons. The third-order valence-electron chi connectivity index (χ3n) is 5.44. The van der Waals surface area contributed by atoms with Crippen LogP contribution in [0.1, 0.15) is 38.9 Å². The molecule has 0 heterocycles. The van der Waals surface area contributed by atoms with Crippen molar-refractivity contribution in [1.82, 2.24) is 0 Å². The van der Waals surface area contributed by atoms with Gasteiger partial charge >= 0.3 is 0 Å². The summed E-state index contributed by atoms with van der Waals surface area (Å²) in [4.78, 5) is 0. The van der Waals surface area contributed by atoms with Gasteiger partial charge in [0.05, 0.1) is 0 Å². The summed E-state index contributed by atoms with van der Waals surface area (Å²) in [6.45, 7) is 4.59. The molecule has 0 saturated carbocycles. The Morgan fingerprint density at radius 1 is 0.636 bits per heavy atom. The highest BCUT2D eigenvalue weighted by molar-refractivity contribution is 5.75. The van der Waals surface area contributed by atoms with E-state index in [-0.39, 0.29) is 0 Å². The van der Waals surface area contributed by atoms with Crippen LogP contribution in [0, 0.1) is 13.8 Å². The van der Waals surface area contributed by atoms with Crippen molar-refractivity contribution >= 4 is 24.3 Å². The van der Waals surface area contributed by atoms with Crippen molar-refractivity contribution < 1.29 is 9.84 Å². The fourth-order valence-corrected chi connectivity index (χ4v) is 3.52. The molecule has 0 spiro atoms. The van der Waals surface area contributed by atoms with Crippen molar-refractivity contribution in [1.29, 1.82) is 0 Å². The molecule has 2 nitrogen and oxygen atoms in total. The summed E-state index contributed by atoms with van der Waals surface area (Å²) >= 11 is 0. The highest BCUT2D eigenvalue weighted by Gasteiger charge is 2.03. The average Bonchev–Trinajstić information content (AvgIpc) is 2.83. The van der Waals surface area contributed by atoms with Gasteiger partial charge in [0.15, 0.2) is 0 Å². The van der Waals surface area contributed by atoms with E-state index in [1.165, 1.54) is 5.56 Å². The van der Waals surface area contributed by atoms with Gasteiger partial charge < -0.3 is 9.84 Å². The first-order chi connectivity index (χ1) is 16.1. The fraction of sp³-hybridized carbons (Fsp3) is 0.0968. The zero-order valence-electron chi connectivity index (χ0n) is 19.0. The lowest BCUT2D eigenvalue weighted by atomic mass is 10.1. The summed E-state index contributed by atoms with van der Waals surface area (Å²) in [5.74, 6) is 1.18. The Bertz CT molecular complexity index is 1270. The van der Waals surface area contributed by atoms with Crippen molar-refractivity contribution in [3.05, 3.63) is 130 Å². The molecule has 4 aromatic rings. The third-order valence-corrected chi connectivity index (χ3v) is 5.44. The number of ether oxygens (including phenoxy) is 1. The average molecular weight is 433 g/mol. The maximum Gasteiger partial charge on any atom is 0.127 e. The van der Waals surface area contributed by atoms with Gasteiger partial charge in [-0.1, -0.05) is 103 Å². The Morgan fingerprint density at radius 3 is 1.85 bits per heavy atom. The number of aromatic hydroxyl groups is 1. The number of phenols is 1. The first-order valence-corrected chi connectivity index (χ1v) is 11.1. The second-order valence-corrected chi connectivity index (χ2v) is 8.21. The van der Waals surface area contributed by atoms with Crippen molar-refractivity contribution in [2.24, 2.45) is 0 Å². The molecule has 0 aliphatic heterocycles. The molecular weight excluding hydrogens is 404 g/mol. The molecular formula is C31H28O2. The summed E-state index contributed by atoms with van der Waals surface area (Å²) in [5.41, 5.74) is 7.42. The normalized spacial score (nSPS) is 11.3. The highest BCUT2D eigenvalue weighted by Crippen LogP contribution is 2.25. The van der Waals surface area contributed by atoms with E-state index in [1.807, 2.05) is 49.4 Å². The van der Waals surface area contributed by atoms with Gasteiger partial charge in [-0.3, -0.25) is 0 Å². The Kier molecular flexibility index (Phi) is 7.06. The van der Waals surface area contributed by atoms with Gasteiger partial charge in [-0.2, -0.15) is 0 Å². The molecule has 0 unspecified atom stereocenters. The first kappa shape index (κ1) is 22.2. The molecule has 0 bridgehead atoms. The monoisotopic (exact) mass is 432 g/mol. The molecule has 33 heavy (non-hydrogen) atoms. The minimum Gasteiger partial charge on any atom is -0.507 e. The maximum atomic E-state index is 10.1. The summed E-state index contributed by atoms with van der Waals surface area (Å²) in [6, 6.07) is 30.5. The van der Waals surface area contributed by atoms with Crippen molar-refractivity contribution in [3.8, 4) is 11.5 Å². The molecule has 0 fully saturated rings. The molecule has 0 saturated heterocycles. The number of rotatable bonds is 7. The van der Waals surface area contributed by atoms with Gasteiger partial charge in [0.1, 0.15) is 18.1 Å². The maximum absolute atomic E-state index is 10.1. The zero-order valence-corrected chi connectivity index (χ0v) is 19.0. The molecule has 0 aliphatic carbocycles. The van der Waals surface area contributed by atoms with Crippen molar-refractivity contribution in [2.45, 2.75) is 20.5 Å². The minimum absolute atomic E-state index is 0.300. The number of hydrogen-bond acceptors (Lipinski definition) is 2. The van der Waals surface area contributed by atoms with E-state index in [4.69, 9.17) is 4.74 Å². The standard InChI is InChI=1S/C31H28O2/c1-23-8-16-28(30(32)20-23)18-14-25-10-12-26(13-11-25)15-19-29-17-9-24(2)21-31(29)33-22-27-6-4-3-5-7-27/h3-21,32H,22H2,1-2H3/b18-14+,19-15+. The molecule has 0 amide bonds. The van der Waals surface area contributed by atoms with Gasteiger partial charge in [0.2, 0.25) is 0 Å². The summed E-state index contributed by atoms with van der Waals surface area (Å²) in [5, 5.41) is 10.1. The van der Waals surface area contributed by atoms with E-state index in [0.29, 0.717) is 12.4 Å². The first-order valence-electron chi connectivity index (χ1n) is 11.1. The zero-order chi connectivity index (χ0) is 23.0.